The Morgan fingerprint density at radius 3 is 3.05 bits per heavy atom. The maximum atomic E-state index is 12.0. The van der Waals surface area contributed by atoms with Crippen LogP contribution in [0.15, 0.2) is 47.3 Å². The molecule has 0 aliphatic carbocycles. The minimum Gasteiger partial charge on any atom is -0.350 e. The van der Waals surface area contributed by atoms with E-state index in [4.69, 9.17) is 0 Å². The van der Waals surface area contributed by atoms with E-state index in [1.54, 1.807) is 16.0 Å². The number of hydrogen-bond acceptors (Lipinski definition) is 4. The summed E-state index contributed by atoms with van der Waals surface area (Å²) in [7, 11) is 0. The van der Waals surface area contributed by atoms with Gasteiger partial charge in [-0.1, -0.05) is 35.0 Å². The molecule has 0 aliphatic rings. The van der Waals surface area contributed by atoms with Gasteiger partial charge in [0.2, 0.25) is 5.91 Å². The zero-order valence-electron chi connectivity index (χ0n) is 12.2. The number of aromatic nitrogens is 3. The summed E-state index contributed by atoms with van der Waals surface area (Å²) in [5, 5.41) is 15.0. The molecule has 0 aliphatic heterocycles. The van der Waals surface area contributed by atoms with Gasteiger partial charge < -0.3 is 5.32 Å². The maximum absolute atomic E-state index is 12.0. The molecule has 112 valence electrons. The van der Waals surface area contributed by atoms with Crippen LogP contribution in [-0.2, 0) is 17.8 Å². The molecule has 1 N–H and O–H groups in total. The lowest BCUT2D eigenvalue weighted by atomic mass is 10.1. The van der Waals surface area contributed by atoms with Crippen LogP contribution in [0.2, 0.25) is 0 Å². The van der Waals surface area contributed by atoms with E-state index in [9.17, 15) is 4.79 Å². The summed E-state index contributed by atoms with van der Waals surface area (Å²) in [6.07, 6.45) is 2.20. The highest BCUT2D eigenvalue weighted by Gasteiger charge is 2.07. The van der Waals surface area contributed by atoms with Crippen LogP contribution in [0.25, 0.3) is 5.69 Å². The highest BCUT2D eigenvalue weighted by Crippen LogP contribution is 2.11. The van der Waals surface area contributed by atoms with Crippen LogP contribution >= 0.6 is 11.3 Å². The van der Waals surface area contributed by atoms with Crippen LogP contribution in [0, 0.1) is 6.92 Å². The molecule has 2 aromatic heterocycles. The van der Waals surface area contributed by atoms with Crippen molar-refractivity contribution in [1.82, 2.24) is 20.3 Å². The average Bonchev–Trinajstić information content (AvgIpc) is 3.16. The third-order valence-corrected chi connectivity index (χ3v) is 3.90. The lowest BCUT2D eigenvalue weighted by Crippen LogP contribution is -2.24. The number of thiophene rings is 1. The molecule has 22 heavy (non-hydrogen) atoms. The van der Waals surface area contributed by atoms with Crippen LogP contribution < -0.4 is 5.32 Å². The predicted molar refractivity (Wildman–Crippen MR) is 86.0 cm³/mol. The minimum atomic E-state index is -0.0179. The molecule has 0 saturated heterocycles. The maximum Gasteiger partial charge on any atom is 0.224 e. The van der Waals surface area contributed by atoms with Gasteiger partial charge >= 0.3 is 0 Å². The number of nitrogens with one attached hydrogen (secondary N) is 1. The Balaban J connectivity index is 1.55. The number of carbonyl (C=O) groups is 1. The van der Waals surface area contributed by atoms with Crippen molar-refractivity contribution >= 4 is 17.2 Å². The number of amides is 1. The number of carbonyl (C=O) groups excluding carboxylic acids is 1. The molecule has 1 amide bonds. The van der Waals surface area contributed by atoms with Gasteiger partial charge in [-0.15, -0.1) is 5.10 Å². The van der Waals surface area contributed by atoms with Gasteiger partial charge in [0.15, 0.2) is 0 Å². The standard InChI is InChI=1S/C16H16N4OS/c1-12-3-2-4-13(7-12)8-16(21)17-9-14-10-20(19-18-14)15-5-6-22-11-15/h2-7,10-11H,8-9H2,1H3,(H,17,21). The lowest BCUT2D eigenvalue weighted by molar-refractivity contribution is -0.120. The first-order chi connectivity index (χ1) is 10.7. The Morgan fingerprint density at radius 1 is 1.36 bits per heavy atom. The molecule has 0 saturated carbocycles. The lowest BCUT2D eigenvalue weighted by Gasteiger charge is -2.04. The van der Waals surface area contributed by atoms with Crippen molar-refractivity contribution in [1.29, 1.82) is 0 Å². The minimum absolute atomic E-state index is 0.0179. The second-order valence-electron chi connectivity index (χ2n) is 5.08. The monoisotopic (exact) mass is 312 g/mol. The fourth-order valence-corrected chi connectivity index (χ4v) is 2.77. The number of benzene rings is 1. The van der Waals surface area contributed by atoms with Gasteiger partial charge in [0, 0.05) is 5.38 Å². The van der Waals surface area contributed by atoms with Crippen LogP contribution in [0.3, 0.4) is 0 Å². The molecule has 0 bridgehead atoms. The normalized spacial score (nSPS) is 10.6. The van der Waals surface area contributed by atoms with Crippen LogP contribution in [0.1, 0.15) is 16.8 Å². The van der Waals surface area contributed by atoms with Crippen molar-refractivity contribution in [3.63, 3.8) is 0 Å². The molecule has 0 radical (unpaired) electrons. The van der Waals surface area contributed by atoms with Gasteiger partial charge in [-0.25, -0.2) is 4.68 Å². The summed E-state index contributed by atoms with van der Waals surface area (Å²) in [6.45, 7) is 2.40. The highest BCUT2D eigenvalue weighted by atomic mass is 32.1. The summed E-state index contributed by atoms with van der Waals surface area (Å²) in [5.41, 5.74) is 3.89. The van der Waals surface area contributed by atoms with Crippen molar-refractivity contribution in [2.75, 3.05) is 0 Å². The Hall–Kier alpha value is -2.47. The molecular weight excluding hydrogens is 296 g/mol. The topological polar surface area (TPSA) is 59.8 Å². The number of hydrogen-bond donors (Lipinski definition) is 1. The first-order valence-electron chi connectivity index (χ1n) is 6.97. The fraction of sp³-hybridized carbons (Fsp3) is 0.188. The van der Waals surface area contributed by atoms with Crippen molar-refractivity contribution in [3.05, 3.63) is 64.1 Å². The largest absolute Gasteiger partial charge is 0.350 e. The van der Waals surface area contributed by atoms with Crippen molar-refractivity contribution in [3.8, 4) is 5.69 Å². The second kappa shape index (κ2) is 6.53. The molecular formula is C16H16N4OS. The highest BCUT2D eigenvalue weighted by molar-refractivity contribution is 7.08. The molecule has 5 nitrogen and oxygen atoms in total. The van der Waals surface area contributed by atoms with Crippen molar-refractivity contribution in [2.24, 2.45) is 0 Å². The van der Waals surface area contributed by atoms with Gasteiger partial charge in [0.1, 0.15) is 5.69 Å². The first-order valence-corrected chi connectivity index (χ1v) is 7.91. The Labute approximate surface area is 132 Å². The summed E-state index contributed by atoms with van der Waals surface area (Å²) < 4.78 is 1.71. The van der Waals surface area contributed by atoms with Crippen LogP contribution in [-0.4, -0.2) is 20.9 Å². The smallest absolute Gasteiger partial charge is 0.224 e. The molecule has 0 fully saturated rings. The Bertz CT molecular complexity index is 764. The van der Waals surface area contributed by atoms with E-state index in [-0.39, 0.29) is 5.91 Å². The molecule has 3 aromatic rings. The van der Waals surface area contributed by atoms with E-state index in [0.29, 0.717) is 13.0 Å². The molecule has 1 aromatic carbocycles. The zero-order chi connectivity index (χ0) is 15.4. The summed E-state index contributed by atoms with van der Waals surface area (Å²) >= 11 is 1.61. The first kappa shape index (κ1) is 14.5. The second-order valence-corrected chi connectivity index (χ2v) is 5.86. The quantitative estimate of drug-likeness (QED) is 0.787. The summed E-state index contributed by atoms with van der Waals surface area (Å²) in [5.74, 6) is -0.0179. The Kier molecular flexibility index (Phi) is 4.29. The van der Waals surface area contributed by atoms with E-state index in [2.05, 4.69) is 15.6 Å². The molecule has 0 atom stereocenters. The van der Waals surface area contributed by atoms with Gasteiger partial charge in [-0.05, 0) is 23.9 Å². The van der Waals surface area contributed by atoms with Crippen LogP contribution in [0.5, 0.6) is 0 Å². The summed E-state index contributed by atoms with van der Waals surface area (Å²) in [6, 6.07) is 9.93. The molecule has 0 unspecified atom stereocenters. The van der Waals surface area contributed by atoms with E-state index >= 15 is 0 Å². The third-order valence-electron chi connectivity index (χ3n) is 3.23. The van der Waals surface area contributed by atoms with E-state index in [1.165, 1.54) is 0 Å². The van der Waals surface area contributed by atoms with E-state index in [1.807, 2.05) is 54.2 Å². The van der Waals surface area contributed by atoms with Crippen molar-refractivity contribution in [2.45, 2.75) is 19.9 Å². The molecule has 2 heterocycles. The summed E-state index contributed by atoms with van der Waals surface area (Å²) in [4.78, 5) is 12.0. The third kappa shape index (κ3) is 3.59. The van der Waals surface area contributed by atoms with E-state index in [0.717, 1.165) is 22.5 Å². The average molecular weight is 312 g/mol. The number of nitrogens with zero attached hydrogens (tertiary/aromatic N) is 3. The van der Waals surface area contributed by atoms with Gasteiger partial charge in [-0.3, -0.25) is 4.79 Å². The SMILES string of the molecule is Cc1cccc(CC(=O)NCc2cn(-c3ccsc3)nn2)c1. The van der Waals surface area contributed by atoms with E-state index < -0.39 is 0 Å². The molecule has 3 rings (SSSR count). The van der Waals surface area contributed by atoms with Gasteiger partial charge in [-0.2, -0.15) is 11.3 Å². The van der Waals surface area contributed by atoms with Crippen molar-refractivity contribution < 1.29 is 4.79 Å². The molecule has 0 spiro atoms. The number of aryl methyl sites for hydroxylation is 1. The molecule has 6 heteroatoms. The fourth-order valence-electron chi connectivity index (χ4n) is 2.15. The van der Waals surface area contributed by atoms with Crippen LogP contribution in [0.4, 0.5) is 0 Å². The Morgan fingerprint density at radius 2 is 2.27 bits per heavy atom. The zero-order valence-corrected chi connectivity index (χ0v) is 13.0. The number of rotatable bonds is 5. The van der Waals surface area contributed by atoms with Gasteiger partial charge in [0.25, 0.3) is 0 Å². The predicted octanol–water partition coefficient (Wildman–Crippen LogP) is 2.50. The van der Waals surface area contributed by atoms with Gasteiger partial charge in [0.05, 0.1) is 24.8 Å².